The Morgan fingerprint density at radius 2 is 1.79 bits per heavy atom. The molecule has 19 heavy (non-hydrogen) atoms. The second-order valence-electron chi connectivity index (χ2n) is 5.44. The van der Waals surface area contributed by atoms with E-state index in [1.54, 1.807) is 0 Å². The molecule has 0 amide bonds. The summed E-state index contributed by atoms with van der Waals surface area (Å²) in [7, 11) is 0. The molecule has 2 aliphatic rings. The summed E-state index contributed by atoms with van der Waals surface area (Å²) in [6.45, 7) is 4.23. The highest BCUT2D eigenvalue weighted by Gasteiger charge is 2.33. The van der Waals surface area contributed by atoms with E-state index < -0.39 is 0 Å². The van der Waals surface area contributed by atoms with Crippen LogP contribution in [-0.2, 0) is 0 Å². The number of piperidine rings is 1. The molecular formula is C12H21N7. The molecule has 1 saturated heterocycles. The molecule has 1 aliphatic carbocycles. The third-order valence-corrected chi connectivity index (χ3v) is 3.82. The Morgan fingerprint density at radius 1 is 1.11 bits per heavy atom. The first-order chi connectivity index (χ1) is 9.26. The Hall–Kier alpha value is -1.63. The maximum Gasteiger partial charge on any atom is 0.243 e. The van der Waals surface area contributed by atoms with Gasteiger partial charge in [-0.2, -0.15) is 15.0 Å². The third-order valence-electron chi connectivity index (χ3n) is 3.82. The van der Waals surface area contributed by atoms with E-state index in [1.165, 1.54) is 25.7 Å². The largest absolute Gasteiger partial charge is 0.351 e. The van der Waals surface area contributed by atoms with Gasteiger partial charge in [0.1, 0.15) is 0 Å². The Balaban J connectivity index is 1.79. The van der Waals surface area contributed by atoms with Gasteiger partial charge >= 0.3 is 0 Å². The van der Waals surface area contributed by atoms with Crippen LogP contribution in [0.5, 0.6) is 0 Å². The summed E-state index contributed by atoms with van der Waals surface area (Å²) in [5.41, 5.74) is 2.52. The van der Waals surface area contributed by atoms with Gasteiger partial charge in [0.15, 0.2) is 0 Å². The molecule has 1 saturated carbocycles. The van der Waals surface area contributed by atoms with Crippen LogP contribution in [0.15, 0.2) is 0 Å². The van der Waals surface area contributed by atoms with Crippen LogP contribution < -0.4 is 21.5 Å². The first-order valence-corrected chi connectivity index (χ1v) is 7.00. The summed E-state index contributed by atoms with van der Waals surface area (Å²) in [5, 5.41) is 3.34. The molecule has 0 radical (unpaired) electrons. The third kappa shape index (κ3) is 2.86. The van der Waals surface area contributed by atoms with Crippen LogP contribution in [0.2, 0.25) is 0 Å². The summed E-state index contributed by atoms with van der Waals surface area (Å²) in [6, 6.07) is 0.488. The van der Waals surface area contributed by atoms with E-state index in [0.29, 0.717) is 23.9 Å². The highest BCUT2D eigenvalue weighted by molar-refractivity contribution is 5.44. The Labute approximate surface area is 113 Å². The second kappa shape index (κ2) is 5.16. The van der Waals surface area contributed by atoms with Crippen molar-refractivity contribution in [3.63, 3.8) is 0 Å². The van der Waals surface area contributed by atoms with E-state index in [-0.39, 0.29) is 0 Å². The van der Waals surface area contributed by atoms with E-state index in [0.717, 1.165) is 19.0 Å². The lowest BCUT2D eigenvalue weighted by molar-refractivity contribution is 0.567. The van der Waals surface area contributed by atoms with Crippen LogP contribution in [0.3, 0.4) is 0 Å². The maximum absolute atomic E-state index is 5.44. The average molecular weight is 263 g/mol. The van der Waals surface area contributed by atoms with Gasteiger partial charge in [0, 0.05) is 19.1 Å². The summed E-state index contributed by atoms with van der Waals surface area (Å²) in [6.07, 6.45) is 4.85. The van der Waals surface area contributed by atoms with Crippen LogP contribution >= 0.6 is 0 Å². The van der Waals surface area contributed by atoms with Gasteiger partial charge in [0.25, 0.3) is 0 Å². The standard InChI is InChI=1S/C12H21N7/c1-8-7-9(8)14-10-15-11(18-13)17-12(16-10)19-5-3-2-4-6-19/h8-9H,2-7,13H2,1H3,(H2,14,15,16,17,18). The minimum atomic E-state index is 0.423. The number of nitrogens with two attached hydrogens (primary N) is 1. The van der Waals surface area contributed by atoms with Crippen LogP contribution in [0.1, 0.15) is 32.6 Å². The van der Waals surface area contributed by atoms with Gasteiger partial charge in [-0.25, -0.2) is 5.84 Å². The van der Waals surface area contributed by atoms with Gasteiger partial charge in [-0.3, -0.25) is 5.43 Å². The van der Waals surface area contributed by atoms with Gasteiger partial charge in [0.2, 0.25) is 17.8 Å². The van der Waals surface area contributed by atoms with E-state index >= 15 is 0 Å². The fraction of sp³-hybridized carbons (Fsp3) is 0.750. The topological polar surface area (TPSA) is 92.0 Å². The smallest absolute Gasteiger partial charge is 0.243 e. The molecule has 1 aromatic heterocycles. The molecule has 4 N–H and O–H groups in total. The van der Waals surface area contributed by atoms with Crippen LogP contribution in [0.25, 0.3) is 0 Å². The van der Waals surface area contributed by atoms with E-state index in [4.69, 9.17) is 5.84 Å². The lowest BCUT2D eigenvalue weighted by Crippen LogP contribution is -2.32. The van der Waals surface area contributed by atoms with Gasteiger partial charge < -0.3 is 10.2 Å². The Bertz CT molecular complexity index is 444. The lowest BCUT2D eigenvalue weighted by Gasteiger charge is -2.26. The SMILES string of the molecule is CC1CC1Nc1nc(NN)nc(N2CCCCC2)n1. The zero-order valence-electron chi connectivity index (χ0n) is 11.3. The predicted octanol–water partition coefficient (Wildman–Crippen LogP) is 0.968. The second-order valence-corrected chi connectivity index (χ2v) is 5.44. The minimum Gasteiger partial charge on any atom is -0.351 e. The van der Waals surface area contributed by atoms with Crippen LogP contribution in [0, 0.1) is 5.92 Å². The predicted molar refractivity (Wildman–Crippen MR) is 74.9 cm³/mol. The van der Waals surface area contributed by atoms with Gasteiger partial charge in [0.05, 0.1) is 0 Å². The Morgan fingerprint density at radius 3 is 2.42 bits per heavy atom. The van der Waals surface area contributed by atoms with Gasteiger partial charge in [-0.05, 0) is 31.6 Å². The molecule has 2 atom stereocenters. The van der Waals surface area contributed by atoms with Crippen molar-refractivity contribution in [1.82, 2.24) is 15.0 Å². The highest BCUT2D eigenvalue weighted by Crippen LogP contribution is 2.32. The molecule has 104 valence electrons. The van der Waals surface area contributed by atoms with Crippen molar-refractivity contribution in [1.29, 1.82) is 0 Å². The van der Waals surface area contributed by atoms with Crippen molar-refractivity contribution in [3.8, 4) is 0 Å². The highest BCUT2D eigenvalue weighted by atomic mass is 15.4. The molecule has 2 unspecified atom stereocenters. The van der Waals surface area contributed by atoms with Crippen LogP contribution in [0.4, 0.5) is 17.8 Å². The summed E-state index contributed by atoms with van der Waals surface area (Å²) < 4.78 is 0. The number of nitrogens with zero attached hydrogens (tertiary/aromatic N) is 4. The average Bonchev–Trinajstić information content (AvgIpc) is 3.14. The fourth-order valence-corrected chi connectivity index (χ4v) is 2.42. The molecule has 3 rings (SSSR count). The van der Waals surface area contributed by atoms with Crippen molar-refractivity contribution in [3.05, 3.63) is 0 Å². The monoisotopic (exact) mass is 263 g/mol. The molecule has 0 bridgehead atoms. The molecular weight excluding hydrogens is 242 g/mol. The lowest BCUT2D eigenvalue weighted by atomic mass is 10.1. The normalized spacial score (nSPS) is 26.1. The van der Waals surface area contributed by atoms with E-state index in [1.807, 2.05) is 0 Å². The number of rotatable bonds is 4. The number of hydrogen-bond donors (Lipinski definition) is 3. The first-order valence-electron chi connectivity index (χ1n) is 7.00. The molecule has 1 aliphatic heterocycles. The zero-order valence-corrected chi connectivity index (χ0v) is 11.3. The van der Waals surface area contributed by atoms with Crippen molar-refractivity contribution in [2.45, 2.75) is 38.6 Å². The van der Waals surface area contributed by atoms with E-state index in [2.05, 4.69) is 37.5 Å². The minimum absolute atomic E-state index is 0.423. The number of aromatic nitrogens is 3. The molecule has 0 aromatic carbocycles. The quantitative estimate of drug-likeness (QED) is 0.550. The first kappa shape index (κ1) is 12.4. The molecule has 1 aromatic rings. The number of nitrogens with one attached hydrogen (secondary N) is 2. The molecule has 2 fully saturated rings. The van der Waals surface area contributed by atoms with Gasteiger partial charge in [-0.15, -0.1) is 0 Å². The number of hydrazine groups is 1. The molecule has 0 spiro atoms. The van der Waals surface area contributed by atoms with Crippen LogP contribution in [-0.4, -0.2) is 34.1 Å². The number of anilines is 3. The molecule has 7 heteroatoms. The van der Waals surface area contributed by atoms with E-state index in [9.17, 15) is 0 Å². The zero-order chi connectivity index (χ0) is 13.2. The number of nitrogen functional groups attached to an aromatic ring is 1. The van der Waals surface area contributed by atoms with Crippen molar-refractivity contribution in [2.24, 2.45) is 11.8 Å². The Kier molecular flexibility index (Phi) is 3.37. The summed E-state index contributed by atoms with van der Waals surface area (Å²) >= 11 is 0. The molecule has 2 heterocycles. The van der Waals surface area contributed by atoms with Crippen molar-refractivity contribution in [2.75, 3.05) is 28.7 Å². The van der Waals surface area contributed by atoms with Gasteiger partial charge in [-0.1, -0.05) is 6.92 Å². The van der Waals surface area contributed by atoms with Crippen molar-refractivity contribution < 1.29 is 0 Å². The molecule has 7 nitrogen and oxygen atoms in total. The maximum atomic E-state index is 5.44. The fourth-order valence-electron chi connectivity index (χ4n) is 2.42. The summed E-state index contributed by atoms with van der Waals surface area (Å²) in [4.78, 5) is 15.3. The van der Waals surface area contributed by atoms with Crippen molar-refractivity contribution >= 4 is 17.8 Å². The number of hydrogen-bond acceptors (Lipinski definition) is 7. The summed E-state index contributed by atoms with van der Waals surface area (Å²) in [5.74, 6) is 7.91.